The number of halogens is 1. The van der Waals surface area contributed by atoms with Gasteiger partial charge in [-0.05, 0) is 42.5 Å². The number of hydrogen-bond donors (Lipinski definition) is 2. The Balaban J connectivity index is 1.59. The molecule has 4 aromatic rings. The van der Waals surface area contributed by atoms with Crippen LogP contribution in [0.5, 0.6) is 0 Å². The summed E-state index contributed by atoms with van der Waals surface area (Å²) in [6.45, 7) is 3.64. The van der Waals surface area contributed by atoms with E-state index in [2.05, 4.69) is 26.3 Å². The van der Waals surface area contributed by atoms with E-state index >= 15 is 0 Å². The van der Waals surface area contributed by atoms with Gasteiger partial charge in [-0.2, -0.15) is 5.26 Å². The van der Waals surface area contributed by atoms with E-state index in [0.717, 1.165) is 42.9 Å². The Morgan fingerprint density at radius 3 is 2.64 bits per heavy atom. The van der Waals surface area contributed by atoms with Gasteiger partial charge in [0.15, 0.2) is 5.13 Å². The number of fused-ring (bicyclic) bond motifs is 1. The summed E-state index contributed by atoms with van der Waals surface area (Å²) in [7, 11) is 1.86. The first-order valence-corrected chi connectivity index (χ1v) is 11.4. The normalized spacial score (nSPS) is 13.8. The van der Waals surface area contributed by atoms with Crippen molar-refractivity contribution in [1.82, 2.24) is 15.3 Å². The van der Waals surface area contributed by atoms with E-state index in [9.17, 15) is 14.4 Å². The Morgan fingerprint density at radius 2 is 1.91 bits per heavy atom. The molecule has 33 heavy (non-hydrogen) atoms. The Bertz CT molecular complexity index is 1420. The van der Waals surface area contributed by atoms with Gasteiger partial charge in [0.2, 0.25) is 0 Å². The Hall–Kier alpha value is -3.74. The number of anilines is 3. The zero-order valence-corrected chi connectivity index (χ0v) is 18.7. The van der Waals surface area contributed by atoms with Crippen molar-refractivity contribution >= 4 is 38.6 Å². The highest BCUT2D eigenvalue weighted by Crippen LogP contribution is 2.37. The van der Waals surface area contributed by atoms with Gasteiger partial charge in [-0.25, -0.2) is 9.37 Å². The van der Waals surface area contributed by atoms with Gasteiger partial charge in [-0.15, -0.1) is 0 Å². The lowest BCUT2D eigenvalue weighted by atomic mass is 10.1. The molecule has 1 aliphatic rings. The molecule has 1 aliphatic heterocycles. The highest BCUT2D eigenvalue weighted by molar-refractivity contribution is 7.16. The van der Waals surface area contributed by atoms with Gasteiger partial charge in [0.25, 0.3) is 5.56 Å². The summed E-state index contributed by atoms with van der Waals surface area (Å²) in [5.74, 6) is -0.343. The average Bonchev–Trinajstić information content (AvgIpc) is 3.29. The average molecular weight is 461 g/mol. The maximum Gasteiger partial charge on any atom is 0.255 e. The van der Waals surface area contributed by atoms with Crippen molar-refractivity contribution < 1.29 is 4.39 Å². The van der Waals surface area contributed by atoms with Crippen LogP contribution in [0.25, 0.3) is 22.0 Å². The molecule has 0 spiro atoms. The number of hydrogen-bond acceptors (Lipinski definition) is 7. The number of pyridine rings is 1. The fraction of sp³-hybridized carbons (Fsp3) is 0.208. The van der Waals surface area contributed by atoms with E-state index in [4.69, 9.17) is 0 Å². The molecule has 0 radical (unpaired) electrons. The quantitative estimate of drug-likeness (QED) is 0.481. The van der Waals surface area contributed by atoms with Gasteiger partial charge in [0, 0.05) is 61.4 Å². The molecule has 1 fully saturated rings. The van der Waals surface area contributed by atoms with Crippen LogP contribution < -0.4 is 20.7 Å². The number of piperazine rings is 1. The first-order chi connectivity index (χ1) is 16.0. The first-order valence-electron chi connectivity index (χ1n) is 10.6. The summed E-state index contributed by atoms with van der Waals surface area (Å²) in [6.07, 6.45) is 1.68. The van der Waals surface area contributed by atoms with Crippen molar-refractivity contribution in [3.8, 4) is 17.3 Å². The standard InChI is InChI=1S/C24H21FN6OS/c1-30(24-29-22(21(13-26)33-24)15-2-4-16(25)5-3-15)20-14-28-23(32)18-7-6-17(12-19(18)20)31-10-8-27-9-11-31/h2-7,12,14,27H,8-11H2,1H3,(H,28,32). The van der Waals surface area contributed by atoms with Crippen LogP contribution in [0.15, 0.2) is 53.5 Å². The molecule has 2 N–H and O–H groups in total. The molecule has 2 aromatic heterocycles. The van der Waals surface area contributed by atoms with Crippen molar-refractivity contribution in [3.63, 3.8) is 0 Å². The van der Waals surface area contributed by atoms with Crippen LogP contribution in [-0.4, -0.2) is 43.2 Å². The number of nitrogens with zero attached hydrogens (tertiary/aromatic N) is 4. The van der Waals surface area contributed by atoms with Gasteiger partial charge >= 0.3 is 0 Å². The van der Waals surface area contributed by atoms with E-state index in [1.165, 1.54) is 23.5 Å². The minimum absolute atomic E-state index is 0.155. The molecule has 7 nitrogen and oxygen atoms in total. The number of nitriles is 1. The van der Waals surface area contributed by atoms with Crippen LogP contribution in [0, 0.1) is 17.1 Å². The van der Waals surface area contributed by atoms with Gasteiger partial charge in [0.1, 0.15) is 22.5 Å². The molecule has 0 atom stereocenters. The number of aromatic nitrogens is 2. The van der Waals surface area contributed by atoms with Crippen LogP contribution in [-0.2, 0) is 0 Å². The molecular weight excluding hydrogens is 439 g/mol. The maximum absolute atomic E-state index is 13.4. The van der Waals surface area contributed by atoms with Gasteiger partial charge in [-0.1, -0.05) is 11.3 Å². The van der Waals surface area contributed by atoms with E-state index in [0.29, 0.717) is 26.7 Å². The summed E-state index contributed by atoms with van der Waals surface area (Å²) in [5, 5.41) is 15.0. The zero-order valence-electron chi connectivity index (χ0n) is 17.9. The minimum Gasteiger partial charge on any atom is -0.369 e. The second-order valence-corrected chi connectivity index (χ2v) is 8.80. The summed E-state index contributed by atoms with van der Waals surface area (Å²) < 4.78 is 13.4. The van der Waals surface area contributed by atoms with Crippen molar-refractivity contribution in [3.05, 3.63) is 69.7 Å². The van der Waals surface area contributed by atoms with Crippen molar-refractivity contribution in [1.29, 1.82) is 5.26 Å². The fourth-order valence-corrected chi connectivity index (χ4v) is 4.92. The predicted molar refractivity (Wildman–Crippen MR) is 130 cm³/mol. The SMILES string of the molecule is CN(c1nc(-c2ccc(F)cc2)c(C#N)s1)c1c[nH]c(=O)c2ccc(N3CCNCC3)cc12. The summed E-state index contributed by atoms with van der Waals surface area (Å²) in [6, 6.07) is 14.0. The third-order valence-corrected chi connectivity index (χ3v) is 6.87. The predicted octanol–water partition coefficient (Wildman–Crippen LogP) is 3.84. The second kappa shape index (κ2) is 8.65. The minimum atomic E-state index is -0.343. The van der Waals surface area contributed by atoms with Crippen molar-refractivity contribution in [2.45, 2.75) is 0 Å². The third-order valence-electron chi connectivity index (χ3n) is 5.83. The molecule has 1 saturated heterocycles. The smallest absolute Gasteiger partial charge is 0.255 e. The number of rotatable bonds is 4. The molecule has 0 saturated carbocycles. The number of thiazole rings is 1. The summed E-state index contributed by atoms with van der Waals surface area (Å²) in [4.78, 5) is 24.6. The lowest BCUT2D eigenvalue weighted by molar-refractivity contribution is 0.589. The monoisotopic (exact) mass is 460 g/mol. The van der Waals surface area contributed by atoms with E-state index in [-0.39, 0.29) is 11.4 Å². The largest absolute Gasteiger partial charge is 0.369 e. The molecular formula is C24H21FN6OS. The highest BCUT2D eigenvalue weighted by Gasteiger charge is 2.20. The molecule has 0 unspecified atom stereocenters. The number of H-pyrrole nitrogens is 1. The fourth-order valence-electron chi connectivity index (χ4n) is 4.06. The van der Waals surface area contributed by atoms with Crippen LogP contribution >= 0.6 is 11.3 Å². The van der Waals surface area contributed by atoms with E-state index < -0.39 is 0 Å². The number of aromatic amines is 1. The summed E-state index contributed by atoms with van der Waals surface area (Å²) in [5.41, 5.74) is 2.88. The summed E-state index contributed by atoms with van der Waals surface area (Å²) >= 11 is 1.26. The molecule has 9 heteroatoms. The van der Waals surface area contributed by atoms with Crippen LogP contribution in [0.4, 0.5) is 20.9 Å². The third kappa shape index (κ3) is 3.95. The van der Waals surface area contributed by atoms with E-state index in [1.54, 1.807) is 18.3 Å². The number of nitrogens with one attached hydrogen (secondary N) is 2. The zero-order chi connectivity index (χ0) is 22.9. The number of benzene rings is 2. The topological polar surface area (TPSA) is 88.0 Å². The molecule has 166 valence electrons. The Labute approximate surface area is 193 Å². The Morgan fingerprint density at radius 1 is 1.15 bits per heavy atom. The van der Waals surface area contributed by atoms with Gasteiger partial charge in [-0.3, -0.25) is 4.79 Å². The van der Waals surface area contributed by atoms with Gasteiger partial charge in [0.05, 0.1) is 5.69 Å². The second-order valence-electron chi connectivity index (χ2n) is 7.82. The van der Waals surface area contributed by atoms with Crippen LogP contribution in [0.2, 0.25) is 0 Å². The lowest BCUT2D eigenvalue weighted by Crippen LogP contribution is -2.43. The Kier molecular flexibility index (Phi) is 5.54. The van der Waals surface area contributed by atoms with Crippen molar-refractivity contribution in [2.24, 2.45) is 0 Å². The lowest BCUT2D eigenvalue weighted by Gasteiger charge is -2.30. The molecule has 2 aromatic carbocycles. The maximum atomic E-state index is 13.4. The van der Waals surface area contributed by atoms with Crippen LogP contribution in [0.3, 0.4) is 0 Å². The van der Waals surface area contributed by atoms with Crippen molar-refractivity contribution in [2.75, 3.05) is 43.0 Å². The van der Waals surface area contributed by atoms with Crippen LogP contribution in [0.1, 0.15) is 4.88 Å². The first kappa shape index (κ1) is 21.1. The molecule has 5 rings (SSSR count). The highest BCUT2D eigenvalue weighted by atomic mass is 32.1. The van der Waals surface area contributed by atoms with Gasteiger partial charge < -0.3 is 20.1 Å². The molecule has 0 amide bonds. The van der Waals surface area contributed by atoms with E-state index in [1.807, 2.05) is 30.1 Å². The molecule has 3 heterocycles. The molecule has 0 bridgehead atoms. The molecule has 0 aliphatic carbocycles.